The molecule has 1 N–H and O–H groups in total. The van der Waals surface area contributed by atoms with E-state index in [4.69, 9.17) is 9.52 Å². The summed E-state index contributed by atoms with van der Waals surface area (Å²) in [6, 6.07) is 1.04. The molecule has 0 aliphatic heterocycles. The number of rotatable bonds is 6. The minimum absolute atomic E-state index is 0.0702. The van der Waals surface area contributed by atoms with Gasteiger partial charge in [-0.15, -0.1) is 0 Å². The third-order valence-corrected chi connectivity index (χ3v) is 5.79. The van der Waals surface area contributed by atoms with Gasteiger partial charge in [0.25, 0.3) is 0 Å². The van der Waals surface area contributed by atoms with E-state index < -0.39 is 21.8 Å². The number of hydrogen-bond acceptors (Lipinski definition) is 4. The molecule has 1 aromatic rings. The molecular weight excluding hydrogens is 338 g/mol. The van der Waals surface area contributed by atoms with Crippen molar-refractivity contribution in [2.45, 2.75) is 24.7 Å². The van der Waals surface area contributed by atoms with Crippen molar-refractivity contribution in [3.8, 4) is 0 Å². The topological polar surface area (TPSA) is 87.8 Å². The van der Waals surface area contributed by atoms with Crippen LogP contribution in [0, 0.1) is 5.92 Å². The molecule has 1 aliphatic rings. The monoisotopic (exact) mass is 351 g/mol. The molecule has 0 unspecified atom stereocenters. The summed E-state index contributed by atoms with van der Waals surface area (Å²) in [5, 5.41) is 8.82. The average molecular weight is 352 g/mol. The first kappa shape index (κ1) is 14.5. The van der Waals surface area contributed by atoms with Crippen LogP contribution in [0.5, 0.6) is 0 Å². The summed E-state index contributed by atoms with van der Waals surface area (Å²) in [7, 11) is -3.72. The molecule has 0 aromatic carbocycles. The molecule has 0 saturated heterocycles. The summed E-state index contributed by atoms with van der Waals surface area (Å²) in [6.45, 7) is 2.57. The van der Waals surface area contributed by atoms with Crippen molar-refractivity contribution < 1.29 is 22.7 Å². The minimum atomic E-state index is -3.72. The van der Waals surface area contributed by atoms with Gasteiger partial charge in [-0.1, -0.05) is 6.92 Å². The Balaban J connectivity index is 2.33. The Kier molecular flexibility index (Phi) is 4.03. The van der Waals surface area contributed by atoms with Gasteiger partial charge in [0.2, 0.25) is 15.8 Å². The molecule has 2 rings (SSSR count). The molecule has 0 radical (unpaired) electrons. The number of carboxylic acids is 1. The number of sulfonamides is 1. The van der Waals surface area contributed by atoms with Crippen molar-refractivity contribution in [2.75, 3.05) is 13.1 Å². The molecule has 1 heterocycles. The molecular formula is C11H14BrNO5S. The standard InChI is InChI=1S/C11H14BrNO5S/c1-2-13(6-7-3-4-7)19(16,17)9-5-8(11(14)15)18-10(9)12/h5,7H,2-4,6H2,1H3,(H,14,15). The first-order valence-electron chi connectivity index (χ1n) is 5.89. The fourth-order valence-electron chi connectivity index (χ4n) is 1.76. The van der Waals surface area contributed by atoms with E-state index in [1.54, 1.807) is 6.92 Å². The SMILES string of the molecule is CCN(CC1CC1)S(=O)(=O)c1cc(C(=O)O)oc1Br. The van der Waals surface area contributed by atoms with E-state index in [1.165, 1.54) is 4.31 Å². The lowest BCUT2D eigenvalue weighted by atomic mass is 10.4. The van der Waals surface area contributed by atoms with Crippen LogP contribution in [0.3, 0.4) is 0 Å². The van der Waals surface area contributed by atoms with Crippen molar-refractivity contribution in [3.05, 3.63) is 16.5 Å². The maximum atomic E-state index is 12.4. The van der Waals surface area contributed by atoms with E-state index in [9.17, 15) is 13.2 Å². The van der Waals surface area contributed by atoms with Gasteiger partial charge in [0, 0.05) is 19.2 Å². The van der Waals surface area contributed by atoms with Gasteiger partial charge in [-0.3, -0.25) is 0 Å². The largest absolute Gasteiger partial charge is 0.475 e. The molecule has 1 aromatic heterocycles. The molecule has 0 spiro atoms. The van der Waals surface area contributed by atoms with Gasteiger partial charge in [0.05, 0.1) is 0 Å². The predicted molar refractivity (Wildman–Crippen MR) is 70.5 cm³/mol. The van der Waals surface area contributed by atoms with E-state index in [-0.39, 0.29) is 9.56 Å². The highest BCUT2D eigenvalue weighted by molar-refractivity contribution is 9.10. The van der Waals surface area contributed by atoms with Crippen molar-refractivity contribution >= 4 is 31.9 Å². The number of nitrogens with zero attached hydrogens (tertiary/aromatic N) is 1. The molecule has 6 nitrogen and oxygen atoms in total. The van der Waals surface area contributed by atoms with Crippen LogP contribution in [0.2, 0.25) is 0 Å². The van der Waals surface area contributed by atoms with Crippen LogP contribution in [0.1, 0.15) is 30.3 Å². The Morgan fingerprint density at radius 1 is 1.58 bits per heavy atom. The van der Waals surface area contributed by atoms with Crippen molar-refractivity contribution in [1.82, 2.24) is 4.31 Å². The molecule has 0 atom stereocenters. The van der Waals surface area contributed by atoms with Gasteiger partial charge in [-0.25, -0.2) is 13.2 Å². The molecule has 1 fully saturated rings. The maximum absolute atomic E-state index is 12.4. The van der Waals surface area contributed by atoms with Crippen LogP contribution >= 0.6 is 15.9 Å². The van der Waals surface area contributed by atoms with Crippen LogP contribution in [0.25, 0.3) is 0 Å². The number of carboxylic acid groups (broad SMARTS) is 1. The Bertz CT molecular complexity index is 590. The van der Waals surface area contributed by atoms with Gasteiger partial charge in [-0.05, 0) is 34.7 Å². The fourth-order valence-corrected chi connectivity index (χ4v) is 4.19. The summed E-state index contributed by atoms with van der Waals surface area (Å²) < 4.78 is 31.0. The van der Waals surface area contributed by atoms with Crippen molar-refractivity contribution in [2.24, 2.45) is 5.92 Å². The zero-order valence-corrected chi connectivity index (χ0v) is 12.7. The highest BCUT2D eigenvalue weighted by Gasteiger charge is 2.34. The quantitative estimate of drug-likeness (QED) is 0.848. The summed E-state index contributed by atoms with van der Waals surface area (Å²) in [5.41, 5.74) is 0. The second-order valence-electron chi connectivity index (χ2n) is 4.45. The van der Waals surface area contributed by atoms with E-state index in [1.807, 2.05) is 0 Å². The highest BCUT2D eigenvalue weighted by Crippen LogP contribution is 2.33. The Labute approximate surface area is 119 Å². The van der Waals surface area contributed by atoms with Gasteiger partial charge in [0.15, 0.2) is 4.67 Å². The molecule has 1 aliphatic carbocycles. The fraction of sp³-hybridized carbons (Fsp3) is 0.545. The Hall–Kier alpha value is -0.860. The summed E-state index contributed by atoms with van der Waals surface area (Å²) >= 11 is 2.96. The number of carbonyl (C=O) groups is 1. The lowest BCUT2D eigenvalue weighted by Gasteiger charge is -2.19. The smallest absolute Gasteiger partial charge is 0.371 e. The van der Waals surface area contributed by atoms with E-state index in [0.717, 1.165) is 18.9 Å². The van der Waals surface area contributed by atoms with Crippen molar-refractivity contribution in [1.29, 1.82) is 0 Å². The first-order chi connectivity index (χ1) is 8.86. The number of furan rings is 1. The third-order valence-electron chi connectivity index (χ3n) is 3.00. The average Bonchev–Trinajstić information content (AvgIpc) is 3.06. The van der Waals surface area contributed by atoms with Crippen LogP contribution in [0.4, 0.5) is 0 Å². The zero-order valence-electron chi connectivity index (χ0n) is 10.3. The lowest BCUT2D eigenvalue weighted by Crippen LogP contribution is -2.32. The van der Waals surface area contributed by atoms with Crippen LogP contribution < -0.4 is 0 Å². The molecule has 8 heteroatoms. The van der Waals surface area contributed by atoms with Crippen molar-refractivity contribution in [3.63, 3.8) is 0 Å². The number of aromatic carboxylic acids is 1. The van der Waals surface area contributed by atoms with Gasteiger partial charge >= 0.3 is 5.97 Å². The second kappa shape index (κ2) is 5.26. The molecule has 19 heavy (non-hydrogen) atoms. The van der Waals surface area contributed by atoms with Gasteiger partial charge < -0.3 is 9.52 Å². The number of halogens is 1. The third kappa shape index (κ3) is 3.01. The van der Waals surface area contributed by atoms with Crippen LogP contribution in [-0.2, 0) is 10.0 Å². The Morgan fingerprint density at radius 2 is 2.21 bits per heavy atom. The van der Waals surface area contributed by atoms with Crippen LogP contribution in [-0.4, -0.2) is 36.9 Å². The predicted octanol–water partition coefficient (Wildman–Crippen LogP) is 2.16. The van der Waals surface area contributed by atoms with Gasteiger partial charge in [0.1, 0.15) is 4.90 Å². The minimum Gasteiger partial charge on any atom is -0.475 e. The van der Waals surface area contributed by atoms with Gasteiger partial charge in [-0.2, -0.15) is 4.31 Å². The zero-order chi connectivity index (χ0) is 14.2. The summed E-state index contributed by atoms with van der Waals surface area (Å²) in [6.07, 6.45) is 2.08. The first-order valence-corrected chi connectivity index (χ1v) is 8.12. The summed E-state index contributed by atoms with van der Waals surface area (Å²) in [4.78, 5) is 10.7. The molecule has 0 amide bonds. The summed E-state index contributed by atoms with van der Waals surface area (Å²) in [5.74, 6) is -1.28. The molecule has 0 bridgehead atoms. The molecule has 106 valence electrons. The lowest BCUT2D eigenvalue weighted by molar-refractivity contribution is 0.0661. The van der Waals surface area contributed by atoms with E-state index in [0.29, 0.717) is 19.0 Å². The maximum Gasteiger partial charge on any atom is 0.371 e. The second-order valence-corrected chi connectivity index (χ2v) is 7.08. The molecule has 1 saturated carbocycles. The van der Waals surface area contributed by atoms with E-state index in [2.05, 4.69) is 15.9 Å². The highest BCUT2D eigenvalue weighted by atomic mass is 79.9. The van der Waals surface area contributed by atoms with Crippen LogP contribution in [0.15, 0.2) is 20.0 Å². The number of hydrogen-bond donors (Lipinski definition) is 1. The Morgan fingerprint density at radius 3 is 2.63 bits per heavy atom. The van der Waals surface area contributed by atoms with E-state index >= 15 is 0 Å². The normalized spacial score (nSPS) is 15.9.